The number of hydrogen-bond acceptors (Lipinski definition) is 7. The minimum absolute atomic E-state index is 0.107. The molecule has 1 heterocycles. The summed E-state index contributed by atoms with van der Waals surface area (Å²) >= 11 is 0. The summed E-state index contributed by atoms with van der Waals surface area (Å²) in [6.07, 6.45) is 2.29. The van der Waals surface area contributed by atoms with E-state index >= 15 is 0 Å². The van der Waals surface area contributed by atoms with Crippen molar-refractivity contribution in [1.29, 1.82) is 0 Å². The van der Waals surface area contributed by atoms with Gasteiger partial charge < -0.3 is 20.5 Å². The summed E-state index contributed by atoms with van der Waals surface area (Å²) in [4.78, 5) is 39.5. The summed E-state index contributed by atoms with van der Waals surface area (Å²) in [6.45, 7) is 10.2. The summed E-state index contributed by atoms with van der Waals surface area (Å²) < 4.78 is 11.5. The molecule has 146 valence electrons. The van der Waals surface area contributed by atoms with Crippen LogP contribution in [0.5, 0.6) is 0 Å². The van der Waals surface area contributed by atoms with Crippen molar-refractivity contribution in [3.8, 4) is 0 Å². The first-order valence-electron chi connectivity index (χ1n) is 8.28. The Kier molecular flexibility index (Phi) is 6.91. The van der Waals surface area contributed by atoms with Gasteiger partial charge in [0.2, 0.25) is 5.91 Å². The van der Waals surface area contributed by atoms with Gasteiger partial charge >= 0.3 is 12.1 Å². The first-order valence-corrected chi connectivity index (χ1v) is 8.28. The van der Waals surface area contributed by atoms with Crippen LogP contribution in [0.3, 0.4) is 0 Å². The number of nitrogens with one attached hydrogen (secondary N) is 1. The number of nitrogens with zero attached hydrogens (tertiary/aromatic N) is 2. The van der Waals surface area contributed by atoms with Crippen LogP contribution in [0.4, 0.5) is 4.79 Å². The van der Waals surface area contributed by atoms with Crippen molar-refractivity contribution >= 4 is 18.0 Å². The van der Waals surface area contributed by atoms with Gasteiger partial charge in [-0.1, -0.05) is 0 Å². The molecule has 26 heavy (non-hydrogen) atoms. The Labute approximate surface area is 153 Å². The lowest BCUT2D eigenvalue weighted by atomic mass is 10.1. The smallest absolute Gasteiger partial charge is 0.419 e. The number of carbonyl (C=O) groups is 3. The molecule has 1 aromatic heterocycles. The molecule has 0 aliphatic rings. The number of imidazole rings is 1. The predicted octanol–water partition coefficient (Wildman–Crippen LogP) is 0.994. The Morgan fingerprint density at radius 3 is 2.27 bits per heavy atom. The second kappa shape index (κ2) is 8.31. The van der Waals surface area contributed by atoms with Crippen LogP contribution in [0.25, 0.3) is 0 Å². The highest BCUT2D eigenvalue weighted by Crippen LogP contribution is 2.10. The quantitative estimate of drug-likeness (QED) is 0.742. The molecule has 9 nitrogen and oxygen atoms in total. The molecule has 3 N–H and O–H groups in total. The topological polar surface area (TPSA) is 126 Å². The highest BCUT2D eigenvalue weighted by molar-refractivity contribution is 5.85. The number of rotatable bonds is 5. The fraction of sp³-hybridized carbons (Fsp3) is 0.647. The predicted molar refractivity (Wildman–Crippen MR) is 94.4 cm³/mol. The fourth-order valence-corrected chi connectivity index (χ4v) is 1.87. The molecule has 0 fully saturated rings. The van der Waals surface area contributed by atoms with Gasteiger partial charge in [-0.2, -0.15) is 0 Å². The Balaban J connectivity index is 2.52. The van der Waals surface area contributed by atoms with E-state index in [1.807, 2.05) is 0 Å². The van der Waals surface area contributed by atoms with Gasteiger partial charge in [-0.15, -0.1) is 0 Å². The van der Waals surface area contributed by atoms with Gasteiger partial charge in [0, 0.05) is 12.6 Å². The molecule has 9 heteroatoms. The van der Waals surface area contributed by atoms with Crippen molar-refractivity contribution in [2.24, 2.45) is 5.73 Å². The van der Waals surface area contributed by atoms with Crippen LogP contribution in [0.15, 0.2) is 12.5 Å². The number of esters is 1. The van der Waals surface area contributed by atoms with Gasteiger partial charge in [-0.05, 0) is 41.5 Å². The first-order chi connectivity index (χ1) is 11.8. The third-order valence-electron chi connectivity index (χ3n) is 2.83. The zero-order valence-electron chi connectivity index (χ0n) is 16.2. The second-order valence-electron chi connectivity index (χ2n) is 7.87. The van der Waals surface area contributed by atoms with Crippen LogP contribution in [-0.4, -0.2) is 51.3 Å². The van der Waals surface area contributed by atoms with E-state index in [-0.39, 0.29) is 13.0 Å². The molecule has 1 rings (SSSR count). The number of ether oxygens (including phenoxy) is 2. The molecule has 0 unspecified atom stereocenters. The molecule has 0 radical (unpaired) electrons. The second-order valence-corrected chi connectivity index (χ2v) is 7.87. The van der Waals surface area contributed by atoms with E-state index in [9.17, 15) is 14.4 Å². The van der Waals surface area contributed by atoms with Gasteiger partial charge in [0.1, 0.15) is 24.1 Å². The lowest BCUT2D eigenvalue weighted by molar-refractivity contribution is -0.154. The lowest BCUT2D eigenvalue weighted by Crippen LogP contribution is -2.44. The van der Waals surface area contributed by atoms with Crippen molar-refractivity contribution < 1.29 is 23.9 Å². The molecule has 1 atom stereocenters. The molecule has 0 bridgehead atoms. The molecule has 0 aliphatic carbocycles. The molecule has 1 aromatic rings. The van der Waals surface area contributed by atoms with Crippen molar-refractivity contribution in [1.82, 2.24) is 14.9 Å². The number of nitrogens with two attached hydrogens (primary N) is 1. The van der Waals surface area contributed by atoms with E-state index in [2.05, 4.69) is 10.3 Å². The van der Waals surface area contributed by atoms with E-state index in [0.717, 1.165) is 0 Å². The molecule has 0 saturated carbocycles. The zero-order valence-corrected chi connectivity index (χ0v) is 16.2. The maximum atomic E-state index is 12.0. The number of hydrogen-bond donors (Lipinski definition) is 2. The molecule has 1 amide bonds. The van der Waals surface area contributed by atoms with Gasteiger partial charge in [0.05, 0.1) is 11.7 Å². The number of carbonyl (C=O) groups excluding carboxylic acids is 3. The van der Waals surface area contributed by atoms with Crippen molar-refractivity contribution in [2.75, 3.05) is 6.54 Å². The summed E-state index contributed by atoms with van der Waals surface area (Å²) in [5.74, 6) is -1.06. The van der Waals surface area contributed by atoms with Crippen LogP contribution in [0.1, 0.15) is 47.2 Å². The first kappa shape index (κ1) is 21.6. The van der Waals surface area contributed by atoms with Gasteiger partial charge in [-0.25, -0.2) is 14.3 Å². The average Bonchev–Trinajstić information content (AvgIpc) is 2.89. The molecular weight excluding hydrogens is 340 g/mol. The normalized spacial score (nSPS) is 13.0. The number of aromatic nitrogens is 2. The third kappa shape index (κ3) is 8.11. The van der Waals surface area contributed by atoms with Crippen molar-refractivity contribution in [2.45, 2.75) is 65.2 Å². The summed E-state index contributed by atoms with van der Waals surface area (Å²) in [5, 5.41) is 2.42. The van der Waals surface area contributed by atoms with Crippen LogP contribution in [0.2, 0.25) is 0 Å². The highest BCUT2D eigenvalue weighted by atomic mass is 16.6. The van der Waals surface area contributed by atoms with Crippen LogP contribution >= 0.6 is 0 Å². The minimum Gasteiger partial charge on any atom is -0.459 e. The van der Waals surface area contributed by atoms with Crippen molar-refractivity contribution in [3.63, 3.8) is 0 Å². The summed E-state index contributed by atoms with van der Waals surface area (Å²) in [6, 6.07) is -0.917. The van der Waals surface area contributed by atoms with E-state index in [0.29, 0.717) is 5.69 Å². The Hall–Kier alpha value is -2.42. The minimum atomic E-state index is -0.917. The molecule has 0 spiro atoms. The zero-order chi connectivity index (χ0) is 20.1. The monoisotopic (exact) mass is 368 g/mol. The fourth-order valence-electron chi connectivity index (χ4n) is 1.87. The standard InChI is InChI=1S/C17H28N4O5/c1-16(2,3)25-13(22)8-19-14(23)12(18)7-11-9-21(10-20-11)15(24)26-17(4,5)6/h9-10,12H,7-8,18H2,1-6H3,(H,19,23)/t12-/m0/s1. The Bertz CT molecular complexity index is 655. The van der Waals surface area contributed by atoms with Gasteiger partial charge in [-0.3, -0.25) is 9.59 Å². The molecular formula is C17H28N4O5. The highest BCUT2D eigenvalue weighted by Gasteiger charge is 2.21. The van der Waals surface area contributed by atoms with Gasteiger partial charge in [0.15, 0.2) is 0 Å². The maximum Gasteiger partial charge on any atom is 0.419 e. The maximum absolute atomic E-state index is 12.0. The van der Waals surface area contributed by atoms with E-state index in [1.54, 1.807) is 41.5 Å². The average molecular weight is 368 g/mol. The summed E-state index contributed by atoms with van der Waals surface area (Å²) in [5.41, 5.74) is 5.02. The number of amides is 1. The Morgan fingerprint density at radius 1 is 1.15 bits per heavy atom. The summed E-state index contributed by atoms with van der Waals surface area (Å²) in [7, 11) is 0. The van der Waals surface area contributed by atoms with Crippen LogP contribution < -0.4 is 11.1 Å². The van der Waals surface area contributed by atoms with E-state index < -0.39 is 35.2 Å². The molecule has 0 aliphatic heterocycles. The van der Waals surface area contributed by atoms with Crippen molar-refractivity contribution in [3.05, 3.63) is 18.2 Å². The lowest BCUT2D eigenvalue weighted by Gasteiger charge is -2.20. The van der Waals surface area contributed by atoms with Gasteiger partial charge in [0.25, 0.3) is 0 Å². The van der Waals surface area contributed by atoms with E-state index in [1.165, 1.54) is 17.1 Å². The molecule has 0 aromatic carbocycles. The largest absolute Gasteiger partial charge is 0.459 e. The van der Waals surface area contributed by atoms with E-state index in [4.69, 9.17) is 15.2 Å². The molecule has 0 saturated heterocycles. The van der Waals surface area contributed by atoms with Crippen LogP contribution in [0, 0.1) is 0 Å². The third-order valence-corrected chi connectivity index (χ3v) is 2.83. The SMILES string of the molecule is CC(C)(C)OC(=O)CNC(=O)[C@@H](N)Cc1cn(C(=O)OC(C)(C)C)cn1. The Morgan fingerprint density at radius 2 is 1.73 bits per heavy atom. The van der Waals surface area contributed by atoms with Crippen LogP contribution in [-0.2, 0) is 25.5 Å².